The number of hydrogen-bond donors (Lipinski definition) is 0. The lowest BCUT2D eigenvalue weighted by atomic mass is 9.56. The number of alkyl halides is 3. The standard InChI is InChI=1S/C18H27F3O4/c1-10-4-5-13-11(2)15(22-9-17(19,20)21)23-14-8-16(3)7-6-12(10)18(13,14)25-24-16/h10-15H,4-9H2,1-3H3/t10-,11?,12?,13?,14?,15?,16+,18-/m1/s1. The molecule has 0 amide bonds. The number of hydrogen-bond acceptors (Lipinski definition) is 4. The molecule has 7 heteroatoms. The van der Waals surface area contributed by atoms with Crippen LogP contribution in [0, 0.1) is 23.7 Å². The van der Waals surface area contributed by atoms with Gasteiger partial charge in [0.05, 0.1) is 6.10 Å². The quantitative estimate of drug-likeness (QED) is 0.687. The average Bonchev–Trinajstić information content (AvgIpc) is 2.75. The number of rotatable bonds is 2. The van der Waals surface area contributed by atoms with Crippen molar-refractivity contribution < 1.29 is 32.4 Å². The molecule has 2 aliphatic carbocycles. The van der Waals surface area contributed by atoms with E-state index in [4.69, 9.17) is 19.2 Å². The fourth-order valence-electron chi connectivity index (χ4n) is 5.79. The first-order chi connectivity index (χ1) is 11.6. The van der Waals surface area contributed by atoms with Gasteiger partial charge in [0.15, 0.2) is 6.29 Å². The van der Waals surface area contributed by atoms with Crippen LogP contribution in [0.2, 0.25) is 0 Å². The van der Waals surface area contributed by atoms with Gasteiger partial charge in [-0.3, -0.25) is 0 Å². The fraction of sp³-hybridized carbons (Fsp3) is 1.00. The van der Waals surface area contributed by atoms with Crippen LogP contribution >= 0.6 is 0 Å². The van der Waals surface area contributed by atoms with E-state index in [9.17, 15) is 13.2 Å². The molecule has 2 saturated carbocycles. The van der Waals surface area contributed by atoms with Crippen molar-refractivity contribution in [2.24, 2.45) is 23.7 Å². The third-order valence-electron chi connectivity index (χ3n) is 7.04. The van der Waals surface area contributed by atoms with Crippen molar-refractivity contribution in [2.45, 2.75) is 82.6 Å². The zero-order valence-electron chi connectivity index (χ0n) is 15.0. The molecule has 5 fully saturated rings. The van der Waals surface area contributed by atoms with Gasteiger partial charge in [-0.05, 0) is 44.4 Å². The predicted molar refractivity (Wildman–Crippen MR) is 82.4 cm³/mol. The molecule has 3 saturated heterocycles. The van der Waals surface area contributed by atoms with E-state index in [1.807, 2.05) is 13.8 Å². The summed E-state index contributed by atoms with van der Waals surface area (Å²) < 4.78 is 49.2. The Morgan fingerprint density at radius 3 is 2.56 bits per heavy atom. The molecule has 0 aromatic heterocycles. The Kier molecular flexibility index (Phi) is 4.19. The first-order valence-corrected chi connectivity index (χ1v) is 9.35. The normalized spacial score (nSPS) is 52.6. The van der Waals surface area contributed by atoms with Crippen LogP contribution in [0.25, 0.3) is 0 Å². The lowest BCUT2D eigenvalue weighted by Gasteiger charge is -2.61. The van der Waals surface area contributed by atoms with Gasteiger partial charge >= 0.3 is 6.18 Å². The van der Waals surface area contributed by atoms with Crippen molar-refractivity contribution in [1.29, 1.82) is 0 Å². The van der Waals surface area contributed by atoms with Crippen LogP contribution in [0.5, 0.6) is 0 Å². The van der Waals surface area contributed by atoms with Crippen molar-refractivity contribution >= 4 is 0 Å². The highest BCUT2D eigenvalue weighted by molar-refractivity contribution is 5.13. The van der Waals surface area contributed by atoms with Crippen LogP contribution in [-0.2, 0) is 19.2 Å². The summed E-state index contributed by atoms with van der Waals surface area (Å²) in [4.78, 5) is 11.9. The molecule has 5 aliphatic rings. The molecular formula is C18H27F3O4. The molecule has 25 heavy (non-hydrogen) atoms. The van der Waals surface area contributed by atoms with Crippen molar-refractivity contribution in [3.63, 3.8) is 0 Å². The number of fused-ring (bicyclic) bond motifs is 2. The van der Waals surface area contributed by atoms with E-state index in [2.05, 4.69) is 6.92 Å². The van der Waals surface area contributed by atoms with Gasteiger partial charge in [0.1, 0.15) is 17.8 Å². The molecule has 5 rings (SSSR count). The predicted octanol–water partition coefficient (Wildman–Crippen LogP) is 4.23. The first kappa shape index (κ1) is 18.0. The van der Waals surface area contributed by atoms with E-state index < -0.39 is 30.3 Å². The number of ether oxygens (including phenoxy) is 2. The van der Waals surface area contributed by atoms with E-state index in [-0.39, 0.29) is 17.9 Å². The van der Waals surface area contributed by atoms with Gasteiger partial charge in [-0.15, -0.1) is 0 Å². The van der Waals surface area contributed by atoms with Gasteiger partial charge in [-0.2, -0.15) is 13.2 Å². The molecule has 0 aromatic carbocycles. The minimum Gasteiger partial charge on any atom is -0.346 e. The monoisotopic (exact) mass is 364 g/mol. The maximum Gasteiger partial charge on any atom is 0.411 e. The highest BCUT2D eigenvalue weighted by Crippen LogP contribution is 2.61. The molecule has 0 aromatic rings. The molecule has 1 spiro atoms. The topological polar surface area (TPSA) is 36.9 Å². The van der Waals surface area contributed by atoms with Gasteiger partial charge in [-0.1, -0.05) is 13.8 Å². The van der Waals surface area contributed by atoms with Crippen LogP contribution in [-0.4, -0.2) is 36.4 Å². The summed E-state index contributed by atoms with van der Waals surface area (Å²) in [5.41, 5.74) is -0.988. The molecule has 4 nitrogen and oxygen atoms in total. The second kappa shape index (κ2) is 5.81. The lowest BCUT2D eigenvalue weighted by Crippen LogP contribution is -2.69. The molecule has 2 bridgehead atoms. The van der Waals surface area contributed by atoms with Crippen LogP contribution < -0.4 is 0 Å². The molecule has 3 heterocycles. The van der Waals surface area contributed by atoms with Gasteiger partial charge in [0, 0.05) is 18.3 Å². The van der Waals surface area contributed by atoms with Crippen molar-refractivity contribution in [1.82, 2.24) is 0 Å². The minimum absolute atomic E-state index is 0.0910. The van der Waals surface area contributed by atoms with Gasteiger partial charge in [-0.25, -0.2) is 9.78 Å². The summed E-state index contributed by atoms with van der Waals surface area (Å²) in [6.45, 7) is 4.90. The lowest BCUT2D eigenvalue weighted by molar-refractivity contribution is -0.496. The van der Waals surface area contributed by atoms with E-state index in [1.165, 1.54) is 0 Å². The average molecular weight is 364 g/mol. The van der Waals surface area contributed by atoms with E-state index in [1.54, 1.807) is 0 Å². The highest BCUT2D eigenvalue weighted by Gasteiger charge is 2.68. The third-order valence-corrected chi connectivity index (χ3v) is 7.04. The Balaban J connectivity index is 1.65. The smallest absolute Gasteiger partial charge is 0.346 e. The molecule has 3 aliphatic heterocycles. The molecule has 0 radical (unpaired) electrons. The highest BCUT2D eigenvalue weighted by atomic mass is 19.4. The Hall–Kier alpha value is -0.370. The van der Waals surface area contributed by atoms with Crippen LogP contribution in [0.3, 0.4) is 0 Å². The van der Waals surface area contributed by atoms with Crippen LogP contribution in [0.15, 0.2) is 0 Å². The second-order valence-electron chi connectivity index (χ2n) is 8.76. The largest absolute Gasteiger partial charge is 0.411 e. The maximum atomic E-state index is 12.6. The molecule has 8 atom stereocenters. The Labute approximate surface area is 146 Å². The Morgan fingerprint density at radius 2 is 1.84 bits per heavy atom. The van der Waals surface area contributed by atoms with E-state index >= 15 is 0 Å². The van der Waals surface area contributed by atoms with Crippen molar-refractivity contribution in [3.8, 4) is 0 Å². The summed E-state index contributed by atoms with van der Waals surface area (Å²) in [5.74, 6) is 0.728. The zero-order valence-corrected chi connectivity index (χ0v) is 15.0. The summed E-state index contributed by atoms with van der Waals surface area (Å²) in [6, 6.07) is 0. The Morgan fingerprint density at radius 1 is 1.08 bits per heavy atom. The molecule has 0 N–H and O–H groups in total. The first-order valence-electron chi connectivity index (χ1n) is 9.35. The molecule has 5 unspecified atom stereocenters. The zero-order chi connectivity index (χ0) is 18.0. The van der Waals surface area contributed by atoms with Gasteiger partial charge < -0.3 is 9.47 Å². The minimum atomic E-state index is -4.35. The van der Waals surface area contributed by atoms with Crippen LogP contribution in [0.4, 0.5) is 13.2 Å². The van der Waals surface area contributed by atoms with Crippen molar-refractivity contribution in [3.05, 3.63) is 0 Å². The maximum absolute atomic E-state index is 12.6. The van der Waals surface area contributed by atoms with Gasteiger partial charge in [0.25, 0.3) is 0 Å². The third kappa shape index (κ3) is 2.82. The van der Waals surface area contributed by atoms with Gasteiger partial charge in [0.2, 0.25) is 0 Å². The Bertz CT molecular complexity index is 527. The fourth-order valence-corrected chi connectivity index (χ4v) is 5.79. The van der Waals surface area contributed by atoms with E-state index in [0.29, 0.717) is 18.3 Å². The summed E-state index contributed by atoms with van der Waals surface area (Å²) in [6.07, 6.45) is -0.969. The summed E-state index contributed by atoms with van der Waals surface area (Å²) >= 11 is 0. The second-order valence-corrected chi connectivity index (χ2v) is 8.76. The molecular weight excluding hydrogens is 337 g/mol. The van der Waals surface area contributed by atoms with E-state index in [0.717, 1.165) is 25.7 Å². The SMILES string of the molecule is CC1C(OCC(F)(F)F)OC2C[C@]3(C)CCC4[C@H](C)CCC1[C@@]24OO3. The molecule has 144 valence electrons. The summed E-state index contributed by atoms with van der Waals surface area (Å²) in [5, 5.41) is 0. The summed E-state index contributed by atoms with van der Waals surface area (Å²) in [7, 11) is 0. The number of halogens is 3. The van der Waals surface area contributed by atoms with Crippen LogP contribution in [0.1, 0.15) is 52.9 Å². The van der Waals surface area contributed by atoms with Crippen molar-refractivity contribution in [2.75, 3.05) is 6.61 Å².